The molecule has 4 nitrogen and oxygen atoms in total. The summed E-state index contributed by atoms with van der Waals surface area (Å²) < 4.78 is 0. The third kappa shape index (κ3) is 4.86. The number of likely N-dealkylation sites (tertiary alicyclic amines) is 1. The summed E-state index contributed by atoms with van der Waals surface area (Å²) in [5.41, 5.74) is 1.38. The van der Waals surface area contributed by atoms with E-state index in [0.29, 0.717) is 12.0 Å². The van der Waals surface area contributed by atoms with E-state index >= 15 is 0 Å². The molecule has 0 spiro atoms. The van der Waals surface area contributed by atoms with Gasteiger partial charge in [-0.05, 0) is 74.0 Å². The zero-order chi connectivity index (χ0) is 18.6. The lowest BCUT2D eigenvalue weighted by molar-refractivity contribution is -0.123. The highest BCUT2D eigenvalue weighted by Crippen LogP contribution is 2.28. The Balaban J connectivity index is 0.00000225. The highest BCUT2D eigenvalue weighted by Gasteiger charge is 2.26. The molecule has 0 aromatic heterocycles. The molecular formula is C23H32ClN3O. The van der Waals surface area contributed by atoms with Crippen molar-refractivity contribution in [1.29, 1.82) is 0 Å². The van der Waals surface area contributed by atoms with Gasteiger partial charge in [0.1, 0.15) is 0 Å². The van der Waals surface area contributed by atoms with Crippen molar-refractivity contribution in [2.24, 2.45) is 5.92 Å². The van der Waals surface area contributed by atoms with Crippen LogP contribution in [0.1, 0.15) is 44.2 Å². The molecule has 1 amide bonds. The van der Waals surface area contributed by atoms with Gasteiger partial charge in [-0.1, -0.05) is 36.4 Å². The Morgan fingerprint density at radius 3 is 2.79 bits per heavy atom. The van der Waals surface area contributed by atoms with Gasteiger partial charge in [-0.2, -0.15) is 0 Å². The van der Waals surface area contributed by atoms with Crippen LogP contribution in [0.4, 0.5) is 0 Å². The second-order valence-corrected chi connectivity index (χ2v) is 8.18. The fraction of sp³-hybridized carbons (Fsp3) is 0.522. The number of rotatable bonds is 5. The fourth-order valence-electron chi connectivity index (χ4n) is 4.57. The smallest absolute Gasteiger partial charge is 0.237 e. The van der Waals surface area contributed by atoms with Crippen molar-refractivity contribution in [3.8, 4) is 0 Å². The number of hydrogen-bond acceptors (Lipinski definition) is 3. The lowest BCUT2D eigenvalue weighted by Crippen LogP contribution is -2.45. The number of amides is 1. The van der Waals surface area contributed by atoms with E-state index in [0.717, 1.165) is 39.0 Å². The maximum absolute atomic E-state index is 12.3. The minimum atomic E-state index is 0. The molecule has 2 aromatic rings. The highest BCUT2D eigenvalue weighted by molar-refractivity contribution is 5.85. The number of benzene rings is 2. The first-order valence-corrected chi connectivity index (χ1v) is 10.4. The maximum Gasteiger partial charge on any atom is 0.237 e. The highest BCUT2D eigenvalue weighted by atomic mass is 35.5. The molecule has 3 unspecified atom stereocenters. The minimum Gasteiger partial charge on any atom is -0.354 e. The molecule has 0 radical (unpaired) electrons. The first-order chi connectivity index (χ1) is 13.2. The van der Waals surface area contributed by atoms with E-state index in [-0.39, 0.29) is 24.4 Å². The molecule has 28 heavy (non-hydrogen) atoms. The summed E-state index contributed by atoms with van der Waals surface area (Å²) in [6, 6.07) is 15.8. The van der Waals surface area contributed by atoms with Gasteiger partial charge in [0.2, 0.25) is 5.91 Å². The van der Waals surface area contributed by atoms with Gasteiger partial charge in [-0.3, -0.25) is 9.69 Å². The van der Waals surface area contributed by atoms with Crippen molar-refractivity contribution >= 4 is 29.1 Å². The Bertz CT molecular complexity index is 790. The molecule has 2 aliphatic heterocycles. The lowest BCUT2D eigenvalue weighted by atomic mass is 9.94. The van der Waals surface area contributed by atoms with Crippen LogP contribution in [0, 0.1) is 5.92 Å². The van der Waals surface area contributed by atoms with Crippen molar-refractivity contribution in [2.75, 3.05) is 26.2 Å². The van der Waals surface area contributed by atoms with Crippen molar-refractivity contribution in [3.05, 3.63) is 48.0 Å². The summed E-state index contributed by atoms with van der Waals surface area (Å²) in [6.45, 7) is 6.29. The predicted molar refractivity (Wildman–Crippen MR) is 118 cm³/mol. The summed E-state index contributed by atoms with van der Waals surface area (Å²) in [7, 11) is 0. The number of halogens is 1. The second-order valence-electron chi connectivity index (χ2n) is 8.18. The maximum atomic E-state index is 12.3. The normalized spacial score (nSPS) is 23.9. The molecule has 152 valence electrons. The van der Waals surface area contributed by atoms with Crippen LogP contribution in [0.3, 0.4) is 0 Å². The molecule has 2 fully saturated rings. The van der Waals surface area contributed by atoms with E-state index in [1.165, 1.54) is 29.2 Å². The monoisotopic (exact) mass is 401 g/mol. The molecule has 2 aromatic carbocycles. The number of nitrogens with one attached hydrogen (secondary N) is 2. The third-order valence-corrected chi connectivity index (χ3v) is 6.30. The Labute approximate surface area is 174 Å². The second kappa shape index (κ2) is 9.73. The van der Waals surface area contributed by atoms with Crippen LogP contribution in [0.5, 0.6) is 0 Å². The van der Waals surface area contributed by atoms with Gasteiger partial charge in [0.05, 0.1) is 6.04 Å². The van der Waals surface area contributed by atoms with Crippen LogP contribution in [0.15, 0.2) is 42.5 Å². The Morgan fingerprint density at radius 2 is 2.00 bits per heavy atom. The van der Waals surface area contributed by atoms with Crippen molar-refractivity contribution < 1.29 is 4.79 Å². The molecule has 3 atom stereocenters. The average molecular weight is 402 g/mol. The topological polar surface area (TPSA) is 44.4 Å². The van der Waals surface area contributed by atoms with Gasteiger partial charge in [0, 0.05) is 19.1 Å². The average Bonchev–Trinajstić information content (AvgIpc) is 3.26. The summed E-state index contributed by atoms with van der Waals surface area (Å²) in [6.07, 6.45) is 4.50. The van der Waals surface area contributed by atoms with Crippen LogP contribution in [-0.2, 0) is 4.79 Å². The number of carbonyl (C=O) groups excluding carboxylic acids is 1. The van der Waals surface area contributed by atoms with E-state index in [9.17, 15) is 4.79 Å². The van der Waals surface area contributed by atoms with E-state index in [4.69, 9.17) is 0 Å². The lowest BCUT2D eigenvalue weighted by Gasteiger charge is -2.37. The van der Waals surface area contributed by atoms with Crippen LogP contribution >= 0.6 is 12.4 Å². The first kappa shape index (κ1) is 21.1. The van der Waals surface area contributed by atoms with E-state index in [2.05, 4.69) is 64.9 Å². The van der Waals surface area contributed by atoms with E-state index in [1.807, 2.05) is 0 Å². The molecule has 4 rings (SSSR count). The number of nitrogens with zero attached hydrogens (tertiary/aromatic N) is 1. The molecule has 2 aliphatic rings. The third-order valence-electron chi connectivity index (χ3n) is 6.30. The van der Waals surface area contributed by atoms with Crippen molar-refractivity contribution in [3.63, 3.8) is 0 Å². The molecule has 5 heteroatoms. The number of hydrogen-bond donors (Lipinski definition) is 2. The van der Waals surface area contributed by atoms with Crippen LogP contribution in [-0.4, -0.2) is 43.0 Å². The van der Waals surface area contributed by atoms with Crippen LogP contribution < -0.4 is 10.6 Å². The molecule has 2 heterocycles. The summed E-state index contributed by atoms with van der Waals surface area (Å²) >= 11 is 0. The summed E-state index contributed by atoms with van der Waals surface area (Å²) in [4.78, 5) is 14.8. The molecule has 0 bridgehead atoms. The first-order valence-electron chi connectivity index (χ1n) is 10.4. The van der Waals surface area contributed by atoms with Crippen molar-refractivity contribution in [1.82, 2.24) is 15.5 Å². The quantitative estimate of drug-likeness (QED) is 0.798. The number of piperidine rings is 1. The van der Waals surface area contributed by atoms with Crippen LogP contribution in [0.25, 0.3) is 10.8 Å². The van der Waals surface area contributed by atoms with Gasteiger partial charge in [0.15, 0.2) is 0 Å². The van der Waals surface area contributed by atoms with Gasteiger partial charge >= 0.3 is 0 Å². The zero-order valence-corrected chi connectivity index (χ0v) is 17.5. The van der Waals surface area contributed by atoms with Gasteiger partial charge < -0.3 is 10.6 Å². The van der Waals surface area contributed by atoms with Gasteiger partial charge in [-0.15, -0.1) is 12.4 Å². The van der Waals surface area contributed by atoms with E-state index < -0.39 is 0 Å². The Hall–Kier alpha value is -1.62. The molecular weight excluding hydrogens is 370 g/mol. The molecule has 2 N–H and O–H groups in total. The number of fused-ring (bicyclic) bond motifs is 1. The largest absolute Gasteiger partial charge is 0.354 e. The van der Waals surface area contributed by atoms with Gasteiger partial charge in [-0.25, -0.2) is 0 Å². The molecule has 0 aliphatic carbocycles. The van der Waals surface area contributed by atoms with Crippen LogP contribution in [0.2, 0.25) is 0 Å². The van der Waals surface area contributed by atoms with Gasteiger partial charge in [0.25, 0.3) is 0 Å². The fourth-order valence-corrected chi connectivity index (χ4v) is 4.57. The standard InChI is InChI=1S/C23H31N3O.ClH/c1-17(20-11-10-19-7-2-3-8-21(19)14-20)26-13-5-6-18(16-26)15-25-23(27)22-9-4-12-24-22;/h2-3,7-8,10-11,14,17-18,22,24H,4-6,9,12-13,15-16H2,1H3,(H,25,27);1H. The van der Waals surface area contributed by atoms with Crippen molar-refractivity contribution in [2.45, 2.75) is 44.7 Å². The number of carbonyl (C=O) groups is 1. The Morgan fingerprint density at radius 1 is 1.18 bits per heavy atom. The Kier molecular flexibility index (Phi) is 7.33. The molecule has 0 saturated carbocycles. The molecule has 2 saturated heterocycles. The zero-order valence-electron chi connectivity index (χ0n) is 16.7. The summed E-state index contributed by atoms with van der Waals surface area (Å²) in [5, 5.41) is 9.09. The SMILES string of the molecule is CC(c1ccc2ccccc2c1)N1CCCC(CNC(=O)C2CCCN2)C1.Cl. The summed E-state index contributed by atoms with van der Waals surface area (Å²) in [5.74, 6) is 0.735. The predicted octanol–water partition coefficient (Wildman–Crippen LogP) is 3.90. The van der Waals surface area contributed by atoms with E-state index in [1.54, 1.807) is 0 Å². The minimum absolute atomic E-state index is 0.